The second kappa shape index (κ2) is 7.59. The Hall–Kier alpha value is -2.58. The van der Waals surface area contributed by atoms with Gasteiger partial charge in [0.25, 0.3) is 11.8 Å². The Bertz CT molecular complexity index is 916. The molecule has 5 rings (SSSR count). The minimum atomic E-state index is -0.919. The lowest BCUT2D eigenvalue weighted by molar-refractivity contribution is -0.136. The lowest BCUT2D eigenvalue weighted by atomic mass is 9.92. The molecule has 4 amide bonds. The number of imide groups is 2. The fourth-order valence-corrected chi connectivity index (χ4v) is 5.30. The second-order valence-electron chi connectivity index (χ2n) is 8.86. The van der Waals surface area contributed by atoms with Gasteiger partial charge in [0.15, 0.2) is 0 Å². The highest BCUT2D eigenvalue weighted by molar-refractivity contribution is 6.23. The summed E-state index contributed by atoms with van der Waals surface area (Å²) in [5, 5.41) is 5.72. The third kappa shape index (κ3) is 3.33. The van der Waals surface area contributed by atoms with Crippen LogP contribution in [0.15, 0.2) is 18.2 Å². The third-order valence-electron chi connectivity index (χ3n) is 7.02. The van der Waals surface area contributed by atoms with Crippen LogP contribution in [0.25, 0.3) is 0 Å². The highest BCUT2D eigenvalue weighted by atomic mass is 16.2. The van der Waals surface area contributed by atoms with Gasteiger partial charge in [-0.25, -0.2) is 0 Å². The molecule has 0 spiro atoms. The van der Waals surface area contributed by atoms with Crippen molar-refractivity contribution in [1.29, 1.82) is 0 Å². The van der Waals surface area contributed by atoms with Gasteiger partial charge in [-0.3, -0.25) is 34.3 Å². The van der Waals surface area contributed by atoms with Crippen molar-refractivity contribution in [2.24, 2.45) is 11.8 Å². The number of nitrogens with one attached hydrogen (secondary N) is 2. The van der Waals surface area contributed by atoms with Gasteiger partial charge >= 0.3 is 0 Å². The minimum Gasteiger partial charge on any atom is -0.316 e. The largest absolute Gasteiger partial charge is 0.316 e. The molecule has 0 radical (unpaired) electrons. The minimum absolute atomic E-state index is 0.127. The summed E-state index contributed by atoms with van der Waals surface area (Å²) in [6, 6.07) is 4.49. The first-order valence-electron chi connectivity index (χ1n) is 10.8. The van der Waals surface area contributed by atoms with Crippen LogP contribution in [0, 0.1) is 11.8 Å². The fourth-order valence-electron chi connectivity index (χ4n) is 5.30. The van der Waals surface area contributed by atoms with Crippen molar-refractivity contribution in [3.63, 3.8) is 0 Å². The number of benzene rings is 1. The summed E-state index contributed by atoms with van der Waals surface area (Å²) in [4.78, 5) is 52.9. The summed E-state index contributed by atoms with van der Waals surface area (Å²) in [7, 11) is 0. The number of hydrogen-bond donors (Lipinski definition) is 2. The zero-order valence-electron chi connectivity index (χ0n) is 16.9. The Morgan fingerprint density at radius 3 is 2.30 bits per heavy atom. The maximum atomic E-state index is 13.0. The molecule has 0 saturated carbocycles. The van der Waals surface area contributed by atoms with E-state index in [1.54, 1.807) is 12.1 Å². The van der Waals surface area contributed by atoms with Crippen LogP contribution in [0.2, 0.25) is 0 Å². The molecule has 8 heteroatoms. The molecule has 3 saturated heterocycles. The fraction of sp³-hybridized carbons (Fsp3) is 0.545. The van der Waals surface area contributed by atoms with Crippen molar-refractivity contribution >= 4 is 23.6 Å². The zero-order chi connectivity index (χ0) is 20.8. The lowest BCUT2D eigenvalue weighted by Crippen LogP contribution is -2.54. The van der Waals surface area contributed by atoms with E-state index in [1.165, 1.54) is 12.8 Å². The monoisotopic (exact) mass is 410 g/mol. The van der Waals surface area contributed by atoms with E-state index in [-0.39, 0.29) is 18.7 Å². The van der Waals surface area contributed by atoms with Gasteiger partial charge in [0, 0.05) is 13.0 Å². The maximum Gasteiger partial charge on any atom is 0.262 e. The van der Waals surface area contributed by atoms with Crippen LogP contribution in [0.5, 0.6) is 0 Å². The van der Waals surface area contributed by atoms with Gasteiger partial charge in [-0.2, -0.15) is 0 Å². The number of amides is 4. The standard InChI is InChI=1S/C22H26N4O4/c27-19-4-3-18(20(28)24-19)26-21(29)16-2-1-13(9-17(16)22(26)30)12-25-7-5-14-10-23-11-15(14)6-8-25/h1-2,9,14-15,18,23H,3-8,10-12H2,(H,24,27,28)/t14-,15+,18?. The number of piperidine rings is 1. The zero-order valence-corrected chi connectivity index (χ0v) is 16.9. The molecule has 4 heterocycles. The van der Waals surface area contributed by atoms with Gasteiger partial charge in [-0.05, 0) is 75.0 Å². The molecule has 3 fully saturated rings. The highest BCUT2D eigenvalue weighted by Gasteiger charge is 2.44. The molecular weight excluding hydrogens is 384 g/mol. The van der Waals surface area contributed by atoms with Gasteiger partial charge in [0.05, 0.1) is 11.1 Å². The number of fused-ring (bicyclic) bond motifs is 2. The van der Waals surface area contributed by atoms with E-state index in [4.69, 9.17) is 0 Å². The van der Waals surface area contributed by atoms with Crippen molar-refractivity contribution in [2.45, 2.75) is 38.3 Å². The summed E-state index contributed by atoms with van der Waals surface area (Å²) in [6.45, 7) is 5.05. The first-order chi connectivity index (χ1) is 14.5. The number of likely N-dealkylation sites (tertiary alicyclic amines) is 1. The van der Waals surface area contributed by atoms with Crippen LogP contribution in [-0.2, 0) is 16.1 Å². The molecule has 30 heavy (non-hydrogen) atoms. The molecule has 0 aliphatic carbocycles. The molecule has 1 aromatic carbocycles. The van der Waals surface area contributed by atoms with E-state index >= 15 is 0 Å². The van der Waals surface area contributed by atoms with Gasteiger partial charge in [-0.15, -0.1) is 0 Å². The Balaban J connectivity index is 1.31. The van der Waals surface area contributed by atoms with Crippen LogP contribution in [0.3, 0.4) is 0 Å². The normalized spacial score (nSPS) is 29.6. The van der Waals surface area contributed by atoms with Crippen LogP contribution in [0.4, 0.5) is 0 Å². The first kappa shape index (κ1) is 19.4. The average molecular weight is 410 g/mol. The van der Waals surface area contributed by atoms with Gasteiger partial charge in [-0.1, -0.05) is 6.07 Å². The summed E-state index contributed by atoms with van der Waals surface area (Å²) in [5.41, 5.74) is 1.70. The second-order valence-corrected chi connectivity index (χ2v) is 8.86. The molecule has 0 bridgehead atoms. The SMILES string of the molecule is O=C1CCC(N2C(=O)c3ccc(CN4CC[C@@H]5CNC[C@@H]5CC4)cc3C2=O)C(=O)N1. The van der Waals surface area contributed by atoms with E-state index in [1.807, 2.05) is 6.07 Å². The molecule has 1 unspecified atom stereocenters. The summed E-state index contributed by atoms with van der Waals surface area (Å²) in [5.74, 6) is -0.320. The van der Waals surface area contributed by atoms with Gasteiger partial charge in [0.2, 0.25) is 11.8 Å². The van der Waals surface area contributed by atoms with E-state index in [0.717, 1.165) is 55.0 Å². The van der Waals surface area contributed by atoms with E-state index < -0.39 is 23.8 Å². The van der Waals surface area contributed by atoms with Crippen molar-refractivity contribution < 1.29 is 19.2 Å². The molecule has 4 aliphatic rings. The Morgan fingerprint density at radius 2 is 1.60 bits per heavy atom. The van der Waals surface area contributed by atoms with Crippen LogP contribution in [0.1, 0.15) is 52.0 Å². The van der Waals surface area contributed by atoms with E-state index in [9.17, 15) is 19.2 Å². The number of nitrogens with zero attached hydrogens (tertiary/aromatic N) is 2. The molecule has 158 valence electrons. The Labute approximate surface area is 175 Å². The molecule has 1 aromatic rings. The molecule has 2 N–H and O–H groups in total. The highest BCUT2D eigenvalue weighted by Crippen LogP contribution is 2.30. The number of hydrogen-bond acceptors (Lipinski definition) is 6. The number of carbonyl (C=O) groups excluding carboxylic acids is 4. The quantitative estimate of drug-likeness (QED) is 0.705. The third-order valence-corrected chi connectivity index (χ3v) is 7.02. The van der Waals surface area contributed by atoms with Gasteiger partial charge in [0.1, 0.15) is 6.04 Å². The van der Waals surface area contributed by atoms with Crippen molar-refractivity contribution in [1.82, 2.24) is 20.4 Å². The number of carbonyl (C=O) groups is 4. The topological polar surface area (TPSA) is 98.8 Å². The maximum absolute atomic E-state index is 13.0. The molecular formula is C22H26N4O4. The molecule has 0 aromatic heterocycles. The Kier molecular flexibility index (Phi) is 4.91. The summed E-state index contributed by atoms with van der Waals surface area (Å²) < 4.78 is 0. The van der Waals surface area contributed by atoms with Crippen molar-refractivity contribution in [2.75, 3.05) is 26.2 Å². The average Bonchev–Trinajstić information content (AvgIpc) is 3.21. The molecule has 4 aliphatic heterocycles. The molecule has 3 atom stereocenters. The van der Waals surface area contributed by atoms with E-state index in [2.05, 4.69) is 15.5 Å². The molecule has 8 nitrogen and oxygen atoms in total. The van der Waals surface area contributed by atoms with Gasteiger partial charge < -0.3 is 5.32 Å². The number of rotatable bonds is 3. The van der Waals surface area contributed by atoms with Crippen molar-refractivity contribution in [3.05, 3.63) is 34.9 Å². The predicted molar refractivity (Wildman–Crippen MR) is 107 cm³/mol. The predicted octanol–water partition coefficient (Wildman–Crippen LogP) is 0.519. The van der Waals surface area contributed by atoms with Crippen LogP contribution in [-0.4, -0.2) is 65.6 Å². The summed E-state index contributed by atoms with van der Waals surface area (Å²) in [6.07, 6.45) is 2.67. The lowest BCUT2D eigenvalue weighted by Gasteiger charge is -2.27. The van der Waals surface area contributed by atoms with Crippen LogP contribution < -0.4 is 10.6 Å². The smallest absolute Gasteiger partial charge is 0.262 e. The van der Waals surface area contributed by atoms with E-state index in [0.29, 0.717) is 11.1 Å². The van der Waals surface area contributed by atoms with Crippen LogP contribution >= 0.6 is 0 Å². The Morgan fingerprint density at radius 1 is 0.900 bits per heavy atom. The summed E-state index contributed by atoms with van der Waals surface area (Å²) >= 11 is 0. The first-order valence-corrected chi connectivity index (χ1v) is 10.8. The van der Waals surface area contributed by atoms with Crippen molar-refractivity contribution in [3.8, 4) is 0 Å².